The Morgan fingerprint density at radius 3 is 2.53 bits per heavy atom. The Hall–Kier alpha value is -3.83. The predicted molar refractivity (Wildman–Crippen MR) is 155 cm³/mol. The standard InChI is InChI=1S/C32H32ClN3O2/c1-4-22-8-14-30(29(33)17-22)36-21(3)16-26-18-25(27-19-34-35(5-2)20-27)12-13-28(26)32(36)24-10-6-23(7-11-24)9-15-31(37)38/h6-15,17-21,32H,4-5,16H2,1-3H3,(H,37,38)/b15-9+. The van der Waals surface area contributed by atoms with Crippen LogP contribution in [0.3, 0.4) is 0 Å². The largest absolute Gasteiger partial charge is 0.478 e. The number of aromatic nitrogens is 2. The minimum Gasteiger partial charge on any atom is -0.478 e. The van der Waals surface area contributed by atoms with E-state index in [-0.39, 0.29) is 12.1 Å². The van der Waals surface area contributed by atoms with Gasteiger partial charge in [-0.2, -0.15) is 5.10 Å². The van der Waals surface area contributed by atoms with E-state index < -0.39 is 5.97 Å². The van der Waals surface area contributed by atoms with Crippen molar-refractivity contribution in [2.24, 2.45) is 0 Å². The van der Waals surface area contributed by atoms with Gasteiger partial charge in [0.1, 0.15) is 0 Å². The van der Waals surface area contributed by atoms with E-state index in [0.29, 0.717) is 0 Å². The SMILES string of the molecule is CCc1ccc(N2C(C)Cc3cc(-c4cnn(CC)c4)ccc3C2c2ccc(/C=C/C(=O)O)cc2)c(Cl)c1. The van der Waals surface area contributed by atoms with Gasteiger partial charge >= 0.3 is 5.97 Å². The fourth-order valence-electron chi connectivity index (χ4n) is 5.39. The molecule has 0 bridgehead atoms. The average Bonchev–Trinajstić information content (AvgIpc) is 3.41. The van der Waals surface area contributed by atoms with E-state index in [1.54, 1.807) is 6.08 Å². The summed E-state index contributed by atoms with van der Waals surface area (Å²) in [6, 6.07) is 21.4. The Kier molecular flexibility index (Phi) is 7.39. The summed E-state index contributed by atoms with van der Waals surface area (Å²) < 4.78 is 1.95. The van der Waals surface area contributed by atoms with Crippen molar-refractivity contribution in [3.05, 3.63) is 112 Å². The summed E-state index contributed by atoms with van der Waals surface area (Å²) in [6.45, 7) is 7.32. The molecular weight excluding hydrogens is 494 g/mol. The Balaban J connectivity index is 1.61. The van der Waals surface area contributed by atoms with E-state index >= 15 is 0 Å². The molecule has 0 fully saturated rings. The topological polar surface area (TPSA) is 58.4 Å². The molecule has 0 saturated heterocycles. The van der Waals surface area contributed by atoms with Crippen molar-refractivity contribution in [3.8, 4) is 11.1 Å². The molecule has 2 atom stereocenters. The first-order chi connectivity index (χ1) is 18.4. The van der Waals surface area contributed by atoms with Crippen LogP contribution in [0.2, 0.25) is 5.02 Å². The molecule has 2 unspecified atom stereocenters. The van der Waals surface area contributed by atoms with E-state index in [2.05, 4.69) is 85.5 Å². The Morgan fingerprint density at radius 1 is 1.08 bits per heavy atom. The van der Waals surface area contributed by atoms with E-state index in [4.69, 9.17) is 16.7 Å². The van der Waals surface area contributed by atoms with Gasteiger partial charge in [-0.15, -0.1) is 0 Å². The van der Waals surface area contributed by atoms with Crippen LogP contribution in [-0.2, 0) is 24.2 Å². The van der Waals surface area contributed by atoms with E-state index in [0.717, 1.165) is 52.9 Å². The average molecular weight is 526 g/mol. The third kappa shape index (κ3) is 5.11. The van der Waals surface area contributed by atoms with E-state index in [1.165, 1.54) is 22.3 Å². The van der Waals surface area contributed by atoms with Crippen molar-refractivity contribution in [3.63, 3.8) is 0 Å². The summed E-state index contributed by atoms with van der Waals surface area (Å²) in [4.78, 5) is 13.4. The summed E-state index contributed by atoms with van der Waals surface area (Å²) in [6.07, 6.45) is 8.63. The van der Waals surface area contributed by atoms with Gasteiger partial charge in [-0.3, -0.25) is 4.68 Å². The molecule has 38 heavy (non-hydrogen) atoms. The van der Waals surface area contributed by atoms with Crippen LogP contribution in [0.25, 0.3) is 17.2 Å². The molecule has 1 N–H and O–H groups in total. The first kappa shape index (κ1) is 25.8. The van der Waals surface area contributed by atoms with Gasteiger partial charge in [-0.05, 0) is 78.3 Å². The van der Waals surface area contributed by atoms with Crippen LogP contribution in [0, 0.1) is 0 Å². The first-order valence-corrected chi connectivity index (χ1v) is 13.5. The molecule has 6 heteroatoms. The first-order valence-electron chi connectivity index (χ1n) is 13.1. The summed E-state index contributed by atoms with van der Waals surface area (Å²) in [5, 5.41) is 14.2. The van der Waals surface area contributed by atoms with Crippen molar-refractivity contribution in [1.82, 2.24) is 9.78 Å². The van der Waals surface area contributed by atoms with Crippen molar-refractivity contribution in [2.45, 2.75) is 52.2 Å². The molecule has 5 nitrogen and oxygen atoms in total. The molecule has 1 aromatic heterocycles. The quantitative estimate of drug-likeness (QED) is 0.255. The number of rotatable bonds is 7. The van der Waals surface area contributed by atoms with Crippen molar-refractivity contribution < 1.29 is 9.90 Å². The van der Waals surface area contributed by atoms with Crippen molar-refractivity contribution in [2.75, 3.05) is 4.90 Å². The molecule has 3 aromatic carbocycles. The van der Waals surface area contributed by atoms with Crippen LogP contribution in [-0.4, -0.2) is 26.9 Å². The molecular formula is C32H32ClN3O2. The van der Waals surface area contributed by atoms with Gasteiger partial charge in [0.05, 0.1) is 22.9 Å². The molecule has 0 spiro atoms. The van der Waals surface area contributed by atoms with Gasteiger partial charge in [0.15, 0.2) is 0 Å². The lowest BCUT2D eigenvalue weighted by molar-refractivity contribution is -0.131. The summed E-state index contributed by atoms with van der Waals surface area (Å²) in [5.74, 6) is -0.958. The monoisotopic (exact) mass is 525 g/mol. The highest BCUT2D eigenvalue weighted by Gasteiger charge is 2.34. The zero-order valence-electron chi connectivity index (χ0n) is 21.9. The third-order valence-corrected chi connectivity index (χ3v) is 7.67. The molecule has 0 amide bonds. The van der Waals surface area contributed by atoms with E-state index in [9.17, 15) is 4.79 Å². The van der Waals surface area contributed by atoms with Gasteiger partial charge in [0.2, 0.25) is 0 Å². The number of aliphatic carboxylic acids is 1. The highest BCUT2D eigenvalue weighted by Crippen LogP contribution is 2.44. The summed E-state index contributed by atoms with van der Waals surface area (Å²) >= 11 is 6.89. The molecule has 1 aliphatic heterocycles. The fraction of sp³-hybridized carbons (Fsp3) is 0.250. The number of nitrogens with zero attached hydrogens (tertiary/aromatic N) is 3. The van der Waals surface area contributed by atoms with Gasteiger partial charge in [-0.1, -0.05) is 67.1 Å². The number of anilines is 1. The second kappa shape index (κ2) is 10.9. The highest BCUT2D eigenvalue weighted by atomic mass is 35.5. The van der Waals surface area contributed by atoms with Crippen LogP contribution in [0.15, 0.2) is 79.1 Å². The Morgan fingerprint density at radius 2 is 1.87 bits per heavy atom. The minimum atomic E-state index is -0.958. The molecule has 5 rings (SSSR count). The van der Waals surface area contributed by atoms with Gasteiger partial charge in [-0.25, -0.2) is 4.79 Å². The number of fused-ring (bicyclic) bond motifs is 1. The molecule has 1 aliphatic rings. The van der Waals surface area contributed by atoms with Crippen LogP contribution in [0.1, 0.15) is 54.6 Å². The van der Waals surface area contributed by atoms with Gasteiger partial charge < -0.3 is 10.0 Å². The number of hydrogen-bond acceptors (Lipinski definition) is 3. The normalized spacial score (nSPS) is 17.1. The summed E-state index contributed by atoms with van der Waals surface area (Å²) in [5.41, 5.74) is 9.07. The van der Waals surface area contributed by atoms with E-state index in [1.807, 2.05) is 23.0 Å². The van der Waals surface area contributed by atoms with Crippen molar-refractivity contribution >= 4 is 29.3 Å². The smallest absolute Gasteiger partial charge is 0.328 e. The lowest BCUT2D eigenvalue weighted by Crippen LogP contribution is -2.43. The number of aryl methyl sites for hydroxylation is 2. The lowest BCUT2D eigenvalue weighted by atomic mass is 9.83. The number of hydrogen-bond donors (Lipinski definition) is 1. The molecule has 4 aromatic rings. The number of carboxylic acids is 1. The van der Waals surface area contributed by atoms with Crippen LogP contribution in [0.4, 0.5) is 5.69 Å². The lowest BCUT2D eigenvalue weighted by Gasteiger charge is -2.44. The molecule has 194 valence electrons. The Bertz CT molecular complexity index is 1490. The van der Waals surface area contributed by atoms with Crippen LogP contribution < -0.4 is 4.90 Å². The fourth-order valence-corrected chi connectivity index (χ4v) is 5.69. The zero-order chi connectivity index (χ0) is 26.8. The third-order valence-electron chi connectivity index (χ3n) is 7.37. The number of benzene rings is 3. The van der Waals surface area contributed by atoms with Crippen molar-refractivity contribution in [1.29, 1.82) is 0 Å². The van der Waals surface area contributed by atoms with Gasteiger partial charge in [0.25, 0.3) is 0 Å². The second-order valence-electron chi connectivity index (χ2n) is 9.84. The zero-order valence-corrected chi connectivity index (χ0v) is 22.7. The van der Waals surface area contributed by atoms with Crippen LogP contribution >= 0.6 is 11.6 Å². The maximum atomic E-state index is 11.0. The number of carboxylic acid groups (broad SMARTS) is 1. The van der Waals surface area contributed by atoms with Crippen LogP contribution in [0.5, 0.6) is 0 Å². The number of halogens is 1. The molecule has 0 radical (unpaired) electrons. The highest BCUT2D eigenvalue weighted by molar-refractivity contribution is 6.33. The Labute approximate surface area is 229 Å². The molecule has 2 heterocycles. The molecule has 0 aliphatic carbocycles. The molecule has 0 saturated carbocycles. The van der Waals surface area contributed by atoms with Gasteiger partial charge in [0, 0.05) is 30.4 Å². The second-order valence-corrected chi connectivity index (χ2v) is 10.2. The maximum absolute atomic E-state index is 11.0. The summed E-state index contributed by atoms with van der Waals surface area (Å²) in [7, 11) is 0. The predicted octanol–water partition coefficient (Wildman–Crippen LogP) is 7.42. The number of carbonyl (C=O) groups is 1. The maximum Gasteiger partial charge on any atom is 0.328 e. The minimum absolute atomic E-state index is 0.0383.